The second-order valence-corrected chi connectivity index (χ2v) is 5.11. The number of nitrogens with zero attached hydrogens (tertiary/aromatic N) is 2. The van der Waals surface area contributed by atoms with Gasteiger partial charge in [0.2, 0.25) is 11.6 Å². The van der Waals surface area contributed by atoms with E-state index in [1.807, 2.05) is 26.8 Å². The Balaban J connectivity index is 2.12. The number of nitriles is 1. The van der Waals surface area contributed by atoms with Gasteiger partial charge in [-0.2, -0.15) is 10.2 Å². The summed E-state index contributed by atoms with van der Waals surface area (Å²) < 4.78 is 10.4. The summed E-state index contributed by atoms with van der Waals surface area (Å²) in [7, 11) is 0. The molecule has 2 rings (SSSR count). The Morgan fingerprint density at radius 1 is 1.45 bits per heavy atom. The summed E-state index contributed by atoms with van der Waals surface area (Å²) >= 11 is 0. The van der Waals surface area contributed by atoms with Gasteiger partial charge in [-0.1, -0.05) is 20.8 Å². The number of rotatable bonds is 3. The molecule has 0 fully saturated rings. The summed E-state index contributed by atoms with van der Waals surface area (Å²) in [4.78, 5) is 15.7. The minimum Gasteiger partial charge on any atom is -0.459 e. The zero-order chi connectivity index (χ0) is 14.8. The number of furan rings is 1. The van der Waals surface area contributed by atoms with Gasteiger partial charge in [0, 0.05) is 5.41 Å². The highest BCUT2D eigenvalue weighted by atomic mass is 16.4. The molecule has 0 spiro atoms. The van der Waals surface area contributed by atoms with Crippen LogP contribution >= 0.6 is 0 Å². The Morgan fingerprint density at radius 2 is 2.20 bits per heavy atom. The van der Waals surface area contributed by atoms with Crippen LogP contribution in [-0.2, 0) is 5.41 Å². The van der Waals surface area contributed by atoms with E-state index >= 15 is 0 Å². The highest BCUT2D eigenvalue weighted by molar-refractivity contribution is 5.92. The van der Waals surface area contributed by atoms with Crippen LogP contribution in [0.4, 0.5) is 5.88 Å². The van der Waals surface area contributed by atoms with E-state index in [1.54, 1.807) is 6.07 Å². The highest BCUT2D eigenvalue weighted by Crippen LogP contribution is 2.26. The molecule has 2 aromatic heterocycles. The molecule has 1 amide bonds. The Kier molecular flexibility index (Phi) is 3.48. The first-order valence-electron chi connectivity index (χ1n) is 5.93. The Labute approximate surface area is 115 Å². The third kappa shape index (κ3) is 2.80. The van der Waals surface area contributed by atoms with Crippen molar-refractivity contribution in [2.45, 2.75) is 26.2 Å². The highest BCUT2D eigenvalue weighted by Gasteiger charge is 2.24. The van der Waals surface area contributed by atoms with E-state index in [2.05, 4.69) is 15.8 Å². The van der Waals surface area contributed by atoms with Gasteiger partial charge >= 0.3 is 5.91 Å². The number of hydrogen-bond acceptors (Lipinski definition) is 6. The Hall–Kier alpha value is -2.75. The fraction of sp³-hybridized carbons (Fsp3) is 0.308. The number of hydrazine groups is 1. The maximum atomic E-state index is 11.7. The van der Waals surface area contributed by atoms with E-state index in [1.165, 1.54) is 12.3 Å². The number of hydrogen-bond donors (Lipinski definition) is 2. The molecule has 0 saturated heterocycles. The molecule has 0 saturated carbocycles. The molecule has 20 heavy (non-hydrogen) atoms. The van der Waals surface area contributed by atoms with E-state index in [0.29, 0.717) is 5.89 Å². The van der Waals surface area contributed by atoms with Crippen molar-refractivity contribution in [2.75, 3.05) is 5.43 Å². The SMILES string of the molecule is CC(C)(C)c1nc(C#N)c(NNC(=O)c2ccco2)o1. The molecule has 0 radical (unpaired) electrons. The smallest absolute Gasteiger partial charge is 0.305 e. The third-order valence-corrected chi connectivity index (χ3v) is 2.41. The summed E-state index contributed by atoms with van der Waals surface area (Å²) in [6.07, 6.45) is 1.39. The lowest BCUT2D eigenvalue weighted by atomic mass is 9.97. The summed E-state index contributed by atoms with van der Waals surface area (Å²) in [5, 5.41) is 9.00. The van der Waals surface area contributed by atoms with Crippen molar-refractivity contribution in [3.05, 3.63) is 35.7 Å². The first-order valence-corrected chi connectivity index (χ1v) is 5.93. The molecule has 0 unspecified atom stereocenters. The molecule has 2 heterocycles. The minimum atomic E-state index is -0.479. The summed E-state index contributed by atoms with van der Waals surface area (Å²) in [5.41, 5.74) is 4.65. The zero-order valence-electron chi connectivity index (χ0n) is 11.4. The first kappa shape index (κ1) is 13.7. The number of oxazole rings is 1. The molecule has 2 aromatic rings. The average Bonchev–Trinajstić information content (AvgIpc) is 3.04. The van der Waals surface area contributed by atoms with Gasteiger partial charge < -0.3 is 8.83 Å². The van der Waals surface area contributed by atoms with Gasteiger partial charge in [-0.3, -0.25) is 15.6 Å². The van der Waals surface area contributed by atoms with Crippen LogP contribution in [0.15, 0.2) is 27.2 Å². The molecule has 0 atom stereocenters. The van der Waals surface area contributed by atoms with Crippen LogP contribution in [0.25, 0.3) is 0 Å². The van der Waals surface area contributed by atoms with E-state index in [4.69, 9.17) is 14.1 Å². The predicted molar refractivity (Wildman–Crippen MR) is 69.7 cm³/mol. The molecule has 7 nitrogen and oxygen atoms in total. The van der Waals surface area contributed by atoms with Gasteiger partial charge in [0.25, 0.3) is 5.88 Å². The Morgan fingerprint density at radius 3 is 2.75 bits per heavy atom. The molecule has 0 aliphatic heterocycles. The van der Waals surface area contributed by atoms with Gasteiger partial charge in [-0.25, -0.2) is 0 Å². The lowest BCUT2D eigenvalue weighted by Gasteiger charge is -2.12. The van der Waals surface area contributed by atoms with Gasteiger partial charge in [-0.15, -0.1) is 0 Å². The van der Waals surface area contributed by atoms with Crippen molar-refractivity contribution in [1.82, 2.24) is 10.4 Å². The molecular formula is C13H14N4O3. The molecular weight excluding hydrogens is 260 g/mol. The summed E-state index contributed by atoms with van der Waals surface area (Å²) in [6.45, 7) is 5.72. The van der Waals surface area contributed by atoms with Crippen LogP contribution in [0.1, 0.15) is 42.9 Å². The molecule has 0 aliphatic carbocycles. The first-order chi connectivity index (χ1) is 9.41. The maximum absolute atomic E-state index is 11.7. The lowest BCUT2D eigenvalue weighted by molar-refractivity contribution is 0.0934. The van der Waals surface area contributed by atoms with Crippen LogP contribution in [-0.4, -0.2) is 10.9 Å². The van der Waals surface area contributed by atoms with Crippen molar-refractivity contribution in [1.29, 1.82) is 5.26 Å². The molecule has 0 bridgehead atoms. The second-order valence-electron chi connectivity index (χ2n) is 5.11. The van der Waals surface area contributed by atoms with Crippen molar-refractivity contribution in [2.24, 2.45) is 0 Å². The number of aromatic nitrogens is 1. The molecule has 104 valence electrons. The van der Waals surface area contributed by atoms with Crippen molar-refractivity contribution < 1.29 is 13.6 Å². The second kappa shape index (κ2) is 5.09. The largest absolute Gasteiger partial charge is 0.459 e. The van der Waals surface area contributed by atoms with Gasteiger partial charge in [0.15, 0.2) is 5.76 Å². The van der Waals surface area contributed by atoms with Crippen LogP contribution in [0, 0.1) is 11.3 Å². The number of amides is 1. The number of carbonyl (C=O) groups excluding carboxylic acids is 1. The topological polar surface area (TPSA) is 104 Å². The van der Waals surface area contributed by atoms with E-state index in [9.17, 15) is 4.79 Å². The summed E-state index contributed by atoms with van der Waals surface area (Å²) in [5.74, 6) is 0.167. The van der Waals surface area contributed by atoms with Gasteiger partial charge in [0.05, 0.1) is 6.26 Å². The van der Waals surface area contributed by atoms with Crippen LogP contribution < -0.4 is 10.9 Å². The van der Waals surface area contributed by atoms with Crippen LogP contribution in [0.5, 0.6) is 0 Å². The third-order valence-electron chi connectivity index (χ3n) is 2.41. The average molecular weight is 274 g/mol. The molecule has 7 heteroatoms. The van der Waals surface area contributed by atoms with Crippen LogP contribution in [0.2, 0.25) is 0 Å². The van der Waals surface area contributed by atoms with Crippen LogP contribution in [0.3, 0.4) is 0 Å². The van der Waals surface area contributed by atoms with E-state index < -0.39 is 5.91 Å². The summed E-state index contributed by atoms with van der Waals surface area (Å²) in [6, 6.07) is 5.02. The Bertz CT molecular complexity index is 644. The number of anilines is 1. The maximum Gasteiger partial charge on any atom is 0.305 e. The molecule has 0 aromatic carbocycles. The fourth-order valence-electron chi connectivity index (χ4n) is 1.38. The predicted octanol–water partition coefficient (Wildman–Crippen LogP) is 2.19. The van der Waals surface area contributed by atoms with Gasteiger partial charge in [0.1, 0.15) is 6.07 Å². The van der Waals surface area contributed by atoms with Gasteiger partial charge in [-0.05, 0) is 12.1 Å². The number of nitrogens with one attached hydrogen (secondary N) is 2. The lowest BCUT2D eigenvalue weighted by Crippen LogP contribution is -2.29. The fourth-order valence-corrected chi connectivity index (χ4v) is 1.38. The minimum absolute atomic E-state index is 0.0784. The molecule has 2 N–H and O–H groups in total. The monoisotopic (exact) mass is 274 g/mol. The number of carbonyl (C=O) groups is 1. The standard InChI is InChI=1S/C13H14N4O3/c1-13(2,3)12-15-8(7-14)11(20-12)17-16-10(18)9-5-4-6-19-9/h4-6,17H,1-3H3,(H,16,18). The quantitative estimate of drug-likeness (QED) is 0.831. The van der Waals surface area contributed by atoms with Crippen molar-refractivity contribution >= 4 is 11.8 Å². The van der Waals surface area contributed by atoms with Crippen molar-refractivity contribution in [3.8, 4) is 6.07 Å². The molecule has 0 aliphatic rings. The zero-order valence-corrected chi connectivity index (χ0v) is 11.4. The normalized spacial score (nSPS) is 10.9. The van der Waals surface area contributed by atoms with E-state index in [0.717, 1.165) is 0 Å². The van der Waals surface area contributed by atoms with Crippen molar-refractivity contribution in [3.63, 3.8) is 0 Å². The van der Waals surface area contributed by atoms with E-state index in [-0.39, 0.29) is 22.8 Å².